The van der Waals surface area contributed by atoms with Crippen molar-refractivity contribution >= 4 is 0 Å². The molecule has 18 heavy (non-hydrogen) atoms. The maximum absolute atomic E-state index is 5.73. The smallest absolute Gasteiger partial charge is 0.213 e. The zero-order valence-electron chi connectivity index (χ0n) is 11.9. The number of aromatic nitrogens is 1. The number of hydrogen-bond acceptors (Lipinski definition) is 3. The van der Waals surface area contributed by atoms with Crippen molar-refractivity contribution in [1.82, 2.24) is 10.3 Å². The van der Waals surface area contributed by atoms with Gasteiger partial charge in [0.15, 0.2) is 0 Å². The van der Waals surface area contributed by atoms with Crippen LogP contribution in [0.25, 0.3) is 0 Å². The Morgan fingerprint density at radius 2 is 2.17 bits per heavy atom. The Morgan fingerprint density at radius 1 is 1.33 bits per heavy atom. The van der Waals surface area contributed by atoms with Crippen LogP contribution < -0.4 is 10.1 Å². The molecule has 0 radical (unpaired) electrons. The van der Waals surface area contributed by atoms with Crippen molar-refractivity contribution in [3.63, 3.8) is 0 Å². The molecule has 1 aromatic heterocycles. The predicted octanol–water partition coefficient (Wildman–Crippen LogP) is 3.40. The molecule has 0 aliphatic rings. The van der Waals surface area contributed by atoms with Crippen LogP contribution in [0.2, 0.25) is 0 Å². The molecule has 3 nitrogen and oxygen atoms in total. The topological polar surface area (TPSA) is 34.2 Å². The van der Waals surface area contributed by atoms with E-state index in [2.05, 4.69) is 31.1 Å². The third-order valence-corrected chi connectivity index (χ3v) is 2.85. The molecular weight excluding hydrogens is 224 g/mol. The molecule has 1 atom stereocenters. The van der Waals surface area contributed by atoms with Crippen LogP contribution >= 0.6 is 0 Å². The summed E-state index contributed by atoms with van der Waals surface area (Å²) in [6.45, 7) is 9.28. The van der Waals surface area contributed by atoms with Gasteiger partial charge in [0.25, 0.3) is 0 Å². The van der Waals surface area contributed by atoms with Gasteiger partial charge in [-0.1, -0.05) is 27.2 Å². The fraction of sp³-hybridized carbons (Fsp3) is 0.667. The number of hydrogen-bond donors (Lipinski definition) is 1. The number of rotatable bonds is 9. The van der Waals surface area contributed by atoms with Gasteiger partial charge in [-0.3, -0.25) is 0 Å². The van der Waals surface area contributed by atoms with Gasteiger partial charge in [0.05, 0.1) is 6.61 Å². The van der Waals surface area contributed by atoms with Crippen molar-refractivity contribution in [2.75, 3.05) is 13.2 Å². The number of nitrogens with one attached hydrogen (secondary N) is 1. The Labute approximate surface area is 111 Å². The van der Waals surface area contributed by atoms with Crippen molar-refractivity contribution in [2.45, 2.75) is 46.6 Å². The van der Waals surface area contributed by atoms with E-state index in [-0.39, 0.29) is 0 Å². The minimum absolute atomic E-state index is 0.596. The van der Waals surface area contributed by atoms with Crippen molar-refractivity contribution in [3.8, 4) is 5.88 Å². The highest BCUT2D eigenvalue weighted by molar-refractivity contribution is 5.20. The maximum atomic E-state index is 5.73. The first-order chi connectivity index (χ1) is 8.76. The minimum atomic E-state index is 0.596. The highest BCUT2D eigenvalue weighted by atomic mass is 16.5. The van der Waals surface area contributed by atoms with Gasteiger partial charge in [-0.15, -0.1) is 0 Å². The van der Waals surface area contributed by atoms with Crippen LogP contribution in [-0.4, -0.2) is 18.1 Å². The molecule has 0 bridgehead atoms. The average molecular weight is 250 g/mol. The summed E-state index contributed by atoms with van der Waals surface area (Å²) in [7, 11) is 0. The second-order valence-corrected chi connectivity index (χ2v) is 4.88. The Balaban J connectivity index is 2.39. The van der Waals surface area contributed by atoms with E-state index in [1.54, 1.807) is 0 Å². The van der Waals surface area contributed by atoms with E-state index in [0.29, 0.717) is 5.92 Å². The molecule has 1 heterocycles. The minimum Gasteiger partial charge on any atom is -0.477 e. The number of ether oxygens (including phenoxy) is 1. The molecule has 0 aliphatic heterocycles. The lowest BCUT2D eigenvalue weighted by molar-refractivity contribution is 0.243. The fourth-order valence-corrected chi connectivity index (χ4v) is 1.85. The molecule has 3 heteroatoms. The Kier molecular flexibility index (Phi) is 7.42. The SMILES string of the molecule is CCCNCc1ccnc(OCC(C)CCC)c1. The molecular formula is C15H26N2O. The van der Waals surface area contributed by atoms with Gasteiger partial charge in [0.1, 0.15) is 0 Å². The zero-order chi connectivity index (χ0) is 13.2. The molecule has 1 aromatic rings. The van der Waals surface area contributed by atoms with E-state index in [4.69, 9.17) is 4.74 Å². The molecule has 1 unspecified atom stereocenters. The van der Waals surface area contributed by atoms with E-state index >= 15 is 0 Å². The van der Waals surface area contributed by atoms with Gasteiger partial charge >= 0.3 is 0 Å². The lowest BCUT2D eigenvalue weighted by atomic mass is 10.1. The summed E-state index contributed by atoms with van der Waals surface area (Å²) in [6.07, 6.45) is 5.39. The summed E-state index contributed by atoms with van der Waals surface area (Å²) in [5, 5.41) is 3.38. The lowest BCUT2D eigenvalue weighted by Crippen LogP contribution is -2.14. The van der Waals surface area contributed by atoms with Gasteiger partial charge in [0, 0.05) is 18.8 Å². The van der Waals surface area contributed by atoms with Crippen LogP contribution in [0.4, 0.5) is 0 Å². The Hall–Kier alpha value is -1.09. The molecule has 0 amide bonds. The molecule has 0 aromatic carbocycles. The second-order valence-electron chi connectivity index (χ2n) is 4.88. The summed E-state index contributed by atoms with van der Waals surface area (Å²) in [5.74, 6) is 1.34. The zero-order valence-corrected chi connectivity index (χ0v) is 11.9. The van der Waals surface area contributed by atoms with E-state index in [0.717, 1.165) is 32.0 Å². The average Bonchev–Trinajstić information content (AvgIpc) is 2.38. The molecule has 1 N–H and O–H groups in total. The van der Waals surface area contributed by atoms with E-state index in [9.17, 15) is 0 Å². The molecule has 0 fully saturated rings. The first-order valence-corrected chi connectivity index (χ1v) is 7.04. The summed E-state index contributed by atoms with van der Waals surface area (Å²) < 4.78 is 5.73. The van der Waals surface area contributed by atoms with Gasteiger partial charge in [-0.25, -0.2) is 4.98 Å². The summed E-state index contributed by atoms with van der Waals surface area (Å²) in [4.78, 5) is 4.25. The van der Waals surface area contributed by atoms with E-state index < -0.39 is 0 Å². The third-order valence-electron chi connectivity index (χ3n) is 2.85. The van der Waals surface area contributed by atoms with Crippen LogP contribution in [0.5, 0.6) is 5.88 Å². The monoisotopic (exact) mass is 250 g/mol. The van der Waals surface area contributed by atoms with E-state index in [1.165, 1.54) is 18.4 Å². The quantitative estimate of drug-likeness (QED) is 0.682. The number of pyridine rings is 1. The molecule has 1 rings (SSSR count). The van der Waals surface area contributed by atoms with Gasteiger partial charge in [-0.2, -0.15) is 0 Å². The largest absolute Gasteiger partial charge is 0.477 e. The summed E-state index contributed by atoms with van der Waals surface area (Å²) >= 11 is 0. The molecule has 0 spiro atoms. The summed E-state index contributed by atoms with van der Waals surface area (Å²) in [5.41, 5.74) is 1.23. The Morgan fingerprint density at radius 3 is 2.89 bits per heavy atom. The number of nitrogens with zero attached hydrogens (tertiary/aromatic N) is 1. The van der Waals surface area contributed by atoms with Crippen molar-refractivity contribution in [2.24, 2.45) is 5.92 Å². The third kappa shape index (κ3) is 6.01. The highest BCUT2D eigenvalue weighted by Crippen LogP contribution is 2.12. The first kappa shape index (κ1) is 15.0. The van der Waals surface area contributed by atoms with Crippen LogP contribution in [-0.2, 0) is 6.54 Å². The molecule has 0 aliphatic carbocycles. The summed E-state index contributed by atoms with van der Waals surface area (Å²) in [6, 6.07) is 4.06. The van der Waals surface area contributed by atoms with E-state index in [1.807, 2.05) is 18.3 Å². The maximum Gasteiger partial charge on any atom is 0.213 e. The van der Waals surface area contributed by atoms with Crippen LogP contribution in [0, 0.1) is 5.92 Å². The van der Waals surface area contributed by atoms with Crippen LogP contribution in [0.1, 0.15) is 45.6 Å². The standard InChI is InChI=1S/C15H26N2O/c1-4-6-13(3)12-18-15-10-14(7-9-17-15)11-16-8-5-2/h7,9-10,13,16H,4-6,8,11-12H2,1-3H3. The van der Waals surface area contributed by atoms with Crippen molar-refractivity contribution < 1.29 is 4.74 Å². The van der Waals surface area contributed by atoms with Gasteiger partial charge in [-0.05, 0) is 36.9 Å². The van der Waals surface area contributed by atoms with Crippen LogP contribution in [0.15, 0.2) is 18.3 Å². The van der Waals surface area contributed by atoms with Crippen molar-refractivity contribution in [3.05, 3.63) is 23.9 Å². The van der Waals surface area contributed by atoms with Crippen molar-refractivity contribution in [1.29, 1.82) is 0 Å². The molecule has 0 saturated carbocycles. The van der Waals surface area contributed by atoms with Crippen LogP contribution in [0.3, 0.4) is 0 Å². The molecule has 102 valence electrons. The molecule has 0 saturated heterocycles. The van der Waals surface area contributed by atoms with Gasteiger partial charge in [0.2, 0.25) is 5.88 Å². The highest BCUT2D eigenvalue weighted by Gasteiger charge is 2.03. The predicted molar refractivity (Wildman–Crippen MR) is 75.8 cm³/mol. The lowest BCUT2D eigenvalue weighted by Gasteiger charge is -2.12. The normalized spacial score (nSPS) is 12.4. The van der Waals surface area contributed by atoms with Gasteiger partial charge < -0.3 is 10.1 Å². The first-order valence-electron chi connectivity index (χ1n) is 7.04. The fourth-order valence-electron chi connectivity index (χ4n) is 1.85. The second kappa shape index (κ2) is 8.92. The Bertz CT molecular complexity index is 328.